The summed E-state index contributed by atoms with van der Waals surface area (Å²) in [5, 5.41) is 0.423. The highest BCUT2D eigenvalue weighted by atomic mass is 35.5. The van der Waals surface area contributed by atoms with Gasteiger partial charge in [-0.2, -0.15) is 0 Å². The molecule has 2 rings (SSSR count). The van der Waals surface area contributed by atoms with Gasteiger partial charge in [0.1, 0.15) is 22.5 Å². The molecule has 0 aliphatic rings. The molecule has 0 bridgehead atoms. The first-order valence-corrected chi connectivity index (χ1v) is 5.20. The van der Waals surface area contributed by atoms with Gasteiger partial charge >= 0.3 is 0 Å². The minimum atomic E-state index is -0.241. The van der Waals surface area contributed by atoms with Crippen molar-refractivity contribution in [2.75, 3.05) is 0 Å². The number of nitrogens with two attached hydrogens (primary N) is 1. The van der Waals surface area contributed by atoms with Crippen molar-refractivity contribution in [2.24, 2.45) is 5.73 Å². The number of hydrogen-bond acceptors (Lipinski definition) is 2. The number of rotatable bonds is 2. The molecular formula is C11H11ClFN3. The zero-order valence-corrected chi connectivity index (χ0v) is 9.48. The van der Waals surface area contributed by atoms with Crippen LogP contribution in [0, 0.1) is 12.7 Å². The summed E-state index contributed by atoms with van der Waals surface area (Å²) in [5.74, 6) is 0.372. The van der Waals surface area contributed by atoms with Gasteiger partial charge in [0.05, 0.1) is 6.54 Å². The lowest BCUT2D eigenvalue weighted by Crippen LogP contribution is -1.97. The molecule has 0 atom stereocenters. The molecule has 5 heteroatoms. The van der Waals surface area contributed by atoms with E-state index in [-0.39, 0.29) is 5.82 Å². The highest BCUT2D eigenvalue weighted by Gasteiger charge is 2.10. The Labute approximate surface area is 97.5 Å². The lowest BCUT2D eigenvalue weighted by Gasteiger charge is -2.00. The Morgan fingerprint density at radius 3 is 2.81 bits per heavy atom. The predicted octanol–water partition coefficient (Wildman–Crippen LogP) is 2.64. The van der Waals surface area contributed by atoms with Crippen LogP contribution in [0.4, 0.5) is 4.39 Å². The first-order valence-electron chi connectivity index (χ1n) is 4.83. The SMILES string of the molecule is Cc1cc(-c2nc(CN)[nH]c2Cl)ccc1F. The summed E-state index contributed by atoms with van der Waals surface area (Å²) in [4.78, 5) is 7.10. The second-order valence-electron chi connectivity index (χ2n) is 3.51. The number of nitrogens with zero attached hydrogens (tertiary/aromatic N) is 1. The molecule has 0 fully saturated rings. The van der Waals surface area contributed by atoms with Gasteiger partial charge in [-0.1, -0.05) is 11.6 Å². The highest BCUT2D eigenvalue weighted by Crippen LogP contribution is 2.26. The predicted molar refractivity (Wildman–Crippen MR) is 61.6 cm³/mol. The van der Waals surface area contributed by atoms with E-state index in [1.54, 1.807) is 19.1 Å². The number of nitrogens with one attached hydrogen (secondary N) is 1. The van der Waals surface area contributed by atoms with Crippen molar-refractivity contribution in [1.29, 1.82) is 0 Å². The third kappa shape index (κ3) is 1.94. The van der Waals surface area contributed by atoms with Crippen molar-refractivity contribution in [3.8, 4) is 11.3 Å². The molecule has 0 saturated heterocycles. The number of aryl methyl sites for hydroxylation is 1. The van der Waals surface area contributed by atoms with Crippen LogP contribution in [-0.2, 0) is 6.54 Å². The molecule has 2 aromatic rings. The van der Waals surface area contributed by atoms with Crippen molar-refractivity contribution >= 4 is 11.6 Å². The number of H-pyrrole nitrogens is 1. The summed E-state index contributed by atoms with van der Waals surface area (Å²) in [6.07, 6.45) is 0. The third-order valence-corrected chi connectivity index (χ3v) is 2.61. The minimum absolute atomic E-state index is 0.241. The average Bonchev–Trinajstić information content (AvgIpc) is 2.64. The maximum atomic E-state index is 13.1. The van der Waals surface area contributed by atoms with Crippen molar-refractivity contribution in [2.45, 2.75) is 13.5 Å². The summed E-state index contributed by atoms with van der Waals surface area (Å²) in [6, 6.07) is 4.75. The van der Waals surface area contributed by atoms with Gasteiger partial charge in [0, 0.05) is 5.56 Å². The van der Waals surface area contributed by atoms with Crippen LogP contribution >= 0.6 is 11.6 Å². The van der Waals surface area contributed by atoms with E-state index >= 15 is 0 Å². The van der Waals surface area contributed by atoms with E-state index in [0.717, 1.165) is 5.56 Å². The molecule has 0 spiro atoms. The van der Waals surface area contributed by atoms with Crippen LogP contribution < -0.4 is 5.73 Å². The Hall–Kier alpha value is -1.39. The zero-order valence-electron chi connectivity index (χ0n) is 8.72. The van der Waals surface area contributed by atoms with Gasteiger partial charge in [-0.05, 0) is 30.7 Å². The Morgan fingerprint density at radius 1 is 1.50 bits per heavy atom. The van der Waals surface area contributed by atoms with Gasteiger partial charge in [-0.3, -0.25) is 0 Å². The number of benzene rings is 1. The molecule has 0 unspecified atom stereocenters. The van der Waals surface area contributed by atoms with Crippen molar-refractivity contribution in [1.82, 2.24) is 9.97 Å². The van der Waals surface area contributed by atoms with Crippen LogP contribution in [-0.4, -0.2) is 9.97 Å². The summed E-state index contributed by atoms with van der Waals surface area (Å²) in [5.41, 5.74) is 7.39. The van der Waals surface area contributed by atoms with Gasteiger partial charge in [-0.25, -0.2) is 9.37 Å². The van der Waals surface area contributed by atoms with Crippen molar-refractivity contribution in [3.63, 3.8) is 0 Å². The molecule has 0 amide bonds. The highest BCUT2D eigenvalue weighted by molar-refractivity contribution is 6.31. The van der Waals surface area contributed by atoms with Gasteiger partial charge in [-0.15, -0.1) is 0 Å². The lowest BCUT2D eigenvalue weighted by molar-refractivity contribution is 0.619. The van der Waals surface area contributed by atoms with E-state index in [4.69, 9.17) is 17.3 Å². The Bertz CT molecular complexity index is 522. The molecular weight excluding hydrogens is 229 g/mol. The molecule has 0 aliphatic heterocycles. The van der Waals surface area contributed by atoms with E-state index in [0.29, 0.717) is 28.8 Å². The smallest absolute Gasteiger partial charge is 0.134 e. The second-order valence-corrected chi connectivity index (χ2v) is 3.89. The number of halogens is 2. The van der Waals surface area contributed by atoms with Crippen LogP contribution in [0.3, 0.4) is 0 Å². The van der Waals surface area contributed by atoms with Crippen LogP contribution in [0.1, 0.15) is 11.4 Å². The summed E-state index contributed by atoms with van der Waals surface area (Å²) in [7, 11) is 0. The number of aromatic amines is 1. The maximum absolute atomic E-state index is 13.1. The molecule has 0 radical (unpaired) electrons. The quantitative estimate of drug-likeness (QED) is 0.847. The Morgan fingerprint density at radius 2 is 2.25 bits per heavy atom. The van der Waals surface area contributed by atoms with Crippen molar-refractivity contribution < 1.29 is 4.39 Å². The Kier molecular flexibility index (Phi) is 2.94. The fourth-order valence-electron chi connectivity index (χ4n) is 1.48. The zero-order chi connectivity index (χ0) is 11.7. The fourth-order valence-corrected chi connectivity index (χ4v) is 1.74. The van der Waals surface area contributed by atoms with Crippen LogP contribution in [0.2, 0.25) is 5.15 Å². The average molecular weight is 240 g/mol. The summed E-state index contributed by atoms with van der Waals surface area (Å²) < 4.78 is 13.1. The van der Waals surface area contributed by atoms with Gasteiger partial charge in [0.25, 0.3) is 0 Å². The number of aromatic nitrogens is 2. The summed E-state index contributed by atoms with van der Waals surface area (Å²) >= 11 is 5.98. The van der Waals surface area contributed by atoms with Crippen molar-refractivity contribution in [3.05, 3.63) is 40.6 Å². The molecule has 0 saturated carbocycles. The first-order chi connectivity index (χ1) is 7.61. The normalized spacial score (nSPS) is 10.8. The van der Waals surface area contributed by atoms with Crippen LogP contribution in [0.15, 0.2) is 18.2 Å². The lowest BCUT2D eigenvalue weighted by atomic mass is 10.1. The molecule has 16 heavy (non-hydrogen) atoms. The topological polar surface area (TPSA) is 54.7 Å². The first kappa shape index (κ1) is 11.1. The molecule has 1 heterocycles. The molecule has 3 N–H and O–H groups in total. The molecule has 84 valence electrons. The number of imidazole rings is 1. The van der Waals surface area contributed by atoms with E-state index in [1.807, 2.05) is 0 Å². The molecule has 0 aliphatic carbocycles. The standard InChI is InChI=1S/C11H11ClFN3/c1-6-4-7(2-3-8(6)13)10-11(12)16-9(5-14)15-10/h2-4H,5,14H2,1H3,(H,15,16). The van der Waals surface area contributed by atoms with Gasteiger partial charge < -0.3 is 10.7 Å². The Balaban J connectivity index is 2.49. The molecule has 3 nitrogen and oxygen atoms in total. The maximum Gasteiger partial charge on any atom is 0.134 e. The van der Waals surface area contributed by atoms with Gasteiger partial charge in [0.15, 0.2) is 0 Å². The van der Waals surface area contributed by atoms with Crippen LogP contribution in [0.5, 0.6) is 0 Å². The molecule has 1 aromatic heterocycles. The number of hydrogen-bond donors (Lipinski definition) is 2. The monoisotopic (exact) mass is 239 g/mol. The fraction of sp³-hybridized carbons (Fsp3) is 0.182. The third-order valence-electron chi connectivity index (χ3n) is 2.33. The molecule has 1 aromatic carbocycles. The van der Waals surface area contributed by atoms with E-state index < -0.39 is 0 Å². The minimum Gasteiger partial charge on any atom is -0.331 e. The summed E-state index contributed by atoms with van der Waals surface area (Å²) in [6.45, 7) is 1.99. The second kappa shape index (κ2) is 4.23. The van der Waals surface area contributed by atoms with Gasteiger partial charge in [0.2, 0.25) is 0 Å². The van der Waals surface area contributed by atoms with Crippen LogP contribution in [0.25, 0.3) is 11.3 Å². The largest absolute Gasteiger partial charge is 0.331 e. The van der Waals surface area contributed by atoms with E-state index in [2.05, 4.69) is 9.97 Å². The van der Waals surface area contributed by atoms with E-state index in [9.17, 15) is 4.39 Å². The van der Waals surface area contributed by atoms with E-state index in [1.165, 1.54) is 6.07 Å².